The van der Waals surface area contributed by atoms with Gasteiger partial charge < -0.3 is 9.64 Å². The molecule has 6 heteroatoms. The summed E-state index contributed by atoms with van der Waals surface area (Å²) in [5.74, 6) is -0.132. The number of likely N-dealkylation sites (tertiary alicyclic amines) is 1. The number of halogens is 3. The first-order chi connectivity index (χ1) is 9.88. The molecule has 1 amide bonds. The quantitative estimate of drug-likeness (QED) is 0.857. The van der Waals surface area contributed by atoms with Gasteiger partial charge in [0.2, 0.25) is 0 Å². The van der Waals surface area contributed by atoms with Crippen LogP contribution in [0, 0.1) is 6.92 Å². The van der Waals surface area contributed by atoms with Crippen LogP contribution >= 0.6 is 0 Å². The van der Waals surface area contributed by atoms with E-state index in [4.69, 9.17) is 4.74 Å². The molecule has 1 aliphatic rings. The molecule has 1 atom stereocenters. The van der Waals surface area contributed by atoms with Gasteiger partial charge in [0.25, 0.3) is 5.91 Å². The lowest BCUT2D eigenvalue weighted by Gasteiger charge is -2.36. The molecule has 1 aromatic carbocycles. The third-order valence-corrected chi connectivity index (χ3v) is 3.58. The fraction of sp³-hybridized carbons (Fsp3) is 0.533. The van der Waals surface area contributed by atoms with Crippen LogP contribution < -0.4 is 4.74 Å². The van der Waals surface area contributed by atoms with E-state index < -0.39 is 18.1 Å². The van der Waals surface area contributed by atoms with Crippen LogP contribution in [0.25, 0.3) is 0 Å². The predicted molar refractivity (Wildman–Crippen MR) is 72.1 cm³/mol. The van der Waals surface area contributed by atoms with Gasteiger partial charge in [-0.15, -0.1) is 0 Å². The number of piperidine rings is 1. The van der Waals surface area contributed by atoms with Gasteiger partial charge in [0.15, 0.2) is 6.61 Å². The minimum atomic E-state index is -4.38. The van der Waals surface area contributed by atoms with Gasteiger partial charge in [-0.3, -0.25) is 4.79 Å². The Labute approximate surface area is 121 Å². The molecule has 0 spiro atoms. The largest absolute Gasteiger partial charge is 0.484 e. The third kappa shape index (κ3) is 4.12. The Morgan fingerprint density at radius 1 is 1.29 bits per heavy atom. The van der Waals surface area contributed by atoms with Crippen LogP contribution in [0.4, 0.5) is 13.2 Å². The molecule has 0 aliphatic carbocycles. The number of hydrogen-bond donors (Lipinski definition) is 0. The monoisotopic (exact) mass is 301 g/mol. The number of amides is 1. The molecule has 116 valence electrons. The first-order valence-corrected chi connectivity index (χ1v) is 6.93. The third-order valence-electron chi connectivity index (χ3n) is 3.58. The van der Waals surface area contributed by atoms with Gasteiger partial charge in [-0.05, 0) is 38.3 Å². The van der Waals surface area contributed by atoms with Crippen molar-refractivity contribution in [3.05, 3.63) is 29.8 Å². The SMILES string of the molecule is Cc1ccc(OCC(=O)N2CCCCC2C(F)(F)F)cc1. The summed E-state index contributed by atoms with van der Waals surface area (Å²) < 4.78 is 44.1. The Kier molecular flexibility index (Phi) is 4.75. The van der Waals surface area contributed by atoms with Crippen molar-refractivity contribution in [1.82, 2.24) is 4.90 Å². The molecule has 3 nitrogen and oxygen atoms in total. The summed E-state index contributed by atoms with van der Waals surface area (Å²) in [7, 11) is 0. The zero-order valence-corrected chi connectivity index (χ0v) is 11.8. The minimum Gasteiger partial charge on any atom is -0.484 e. The molecule has 1 fully saturated rings. The zero-order chi connectivity index (χ0) is 15.5. The Morgan fingerprint density at radius 3 is 2.57 bits per heavy atom. The molecule has 1 aliphatic heterocycles. The molecule has 21 heavy (non-hydrogen) atoms. The molecule has 1 heterocycles. The average molecular weight is 301 g/mol. The highest BCUT2D eigenvalue weighted by Crippen LogP contribution is 2.31. The van der Waals surface area contributed by atoms with Crippen LogP contribution in [0.1, 0.15) is 24.8 Å². The topological polar surface area (TPSA) is 29.5 Å². The van der Waals surface area contributed by atoms with Crippen LogP contribution in [0.3, 0.4) is 0 Å². The number of nitrogens with zero attached hydrogens (tertiary/aromatic N) is 1. The number of aryl methyl sites for hydroxylation is 1. The number of ether oxygens (including phenoxy) is 1. The van der Waals surface area contributed by atoms with Crippen molar-refractivity contribution in [3.63, 3.8) is 0 Å². The normalized spacial score (nSPS) is 19.4. The number of hydrogen-bond acceptors (Lipinski definition) is 2. The average Bonchev–Trinajstić information content (AvgIpc) is 2.45. The van der Waals surface area contributed by atoms with Crippen molar-refractivity contribution in [3.8, 4) is 5.75 Å². The molecule has 0 saturated carbocycles. The molecule has 0 radical (unpaired) electrons. The van der Waals surface area contributed by atoms with Crippen molar-refractivity contribution < 1.29 is 22.7 Å². The smallest absolute Gasteiger partial charge is 0.408 e. The summed E-state index contributed by atoms with van der Waals surface area (Å²) in [6.07, 6.45) is -3.31. The maximum Gasteiger partial charge on any atom is 0.408 e. The molecule has 0 aromatic heterocycles. The maximum atomic E-state index is 12.9. The summed E-state index contributed by atoms with van der Waals surface area (Å²) in [4.78, 5) is 12.9. The van der Waals surface area contributed by atoms with E-state index in [0.717, 1.165) is 10.5 Å². The Bertz CT molecular complexity index is 485. The standard InChI is InChI=1S/C15H18F3NO2/c1-11-5-7-12(8-6-11)21-10-14(20)19-9-3-2-4-13(19)15(16,17)18/h5-8,13H,2-4,9-10H2,1H3. The summed E-state index contributed by atoms with van der Waals surface area (Å²) >= 11 is 0. The first kappa shape index (κ1) is 15.7. The molecule has 0 N–H and O–H groups in total. The van der Waals surface area contributed by atoms with Crippen molar-refractivity contribution in [1.29, 1.82) is 0 Å². The van der Waals surface area contributed by atoms with Gasteiger partial charge in [-0.25, -0.2) is 0 Å². The maximum absolute atomic E-state index is 12.9. The van der Waals surface area contributed by atoms with Gasteiger partial charge in [-0.1, -0.05) is 17.7 Å². The van der Waals surface area contributed by atoms with E-state index in [9.17, 15) is 18.0 Å². The summed E-state index contributed by atoms with van der Waals surface area (Å²) in [5, 5.41) is 0. The zero-order valence-electron chi connectivity index (χ0n) is 11.8. The molecule has 1 aromatic rings. The second-order valence-corrected chi connectivity index (χ2v) is 5.24. The second kappa shape index (κ2) is 6.37. The van der Waals surface area contributed by atoms with Gasteiger partial charge in [-0.2, -0.15) is 13.2 Å². The lowest BCUT2D eigenvalue weighted by atomic mass is 10.0. The first-order valence-electron chi connectivity index (χ1n) is 6.93. The Morgan fingerprint density at radius 2 is 1.95 bits per heavy atom. The highest BCUT2D eigenvalue weighted by Gasteiger charge is 2.46. The fourth-order valence-corrected chi connectivity index (χ4v) is 2.43. The van der Waals surface area contributed by atoms with Crippen LogP contribution in [0.2, 0.25) is 0 Å². The number of carbonyl (C=O) groups is 1. The summed E-state index contributed by atoms with van der Waals surface area (Å²) in [5.41, 5.74) is 1.04. The summed E-state index contributed by atoms with van der Waals surface area (Å²) in [6, 6.07) is 5.35. The van der Waals surface area contributed by atoms with E-state index in [1.54, 1.807) is 12.1 Å². The van der Waals surface area contributed by atoms with Gasteiger partial charge >= 0.3 is 6.18 Å². The van der Waals surface area contributed by atoms with Gasteiger partial charge in [0.1, 0.15) is 11.8 Å². The van der Waals surface area contributed by atoms with Crippen LogP contribution in [-0.2, 0) is 4.79 Å². The molecular formula is C15H18F3NO2. The number of rotatable bonds is 3. The molecule has 1 saturated heterocycles. The van der Waals surface area contributed by atoms with E-state index in [-0.39, 0.29) is 19.6 Å². The number of benzene rings is 1. The second-order valence-electron chi connectivity index (χ2n) is 5.24. The van der Waals surface area contributed by atoms with Crippen LogP contribution in [-0.4, -0.2) is 36.2 Å². The van der Waals surface area contributed by atoms with Crippen molar-refractivity contribution in [2.75, 3.05) is 13.2 Å². The minimum absolute atomic E-state index is 0.0280. The van der Waals surface area contributed by atoms with Gasteiger partial charge in [0, 0.05) is 6.54 Å². The molecule has 0 bridgehead atoms. The van der Waals surface area contributed by atoms with E-state index in [1.165, 1.54) is 0 Å². The predicted octanol–water partition coefficient (Wildman–Crippen LogP) is 3.32. The summed E-state index contributed by atoms with van der Waals surface area (Å²) in [6.45, 7) is 1.69. The van der Waals surface area contributed by atoms with E-state index in [2.05, 4.69) is 0 Å². The van der Waals surface area contributed by atoms with Crippen molar-refractivity contribution >= 4 is 5.91 Å². The lowest BCUT2D eigenvalue weighted by Crippen LogP contribution is -2.52. The number of carbonyl (C=O) groups excluding carboxylic acids is 1. The van der Waals surface area contributed by atoms with E-state index in [1.807, 2.05) is 19.1 Å². The van der Waals surface area contributed by atoms with Gasteiger partial charge in [0.05, 0.1) is 0 Å². The van der Waals surface area contributed by atoms with Crippen LogP contribution in [0.5, 0.6) is 5.75 Å². The molecular weight excluding hydrogens is 283 g/mol. The highest BCUT2D eigenvalue weighted by atomic mass is 19.4. The fourth-order valence-electron chi connectivity index (χ4n) is 2.43. The molecule has 2 rings (SSSR count). The number of alkyl halides is 3. The Hall–Kier alpha value is -1.72. The van der Waals surface area contributed by atoms with Crippen LogP contribution in [0.15, 0.2) is 24.3 Å². The lowest BCUT2D eigenvalue weighted by molar-refractivity contribution is -0.196. The molecule has 1 unspecified atom stereocenters. The Balaban J connectivity index is 1.96. The van der Waals surface area contributed by atoms with E-state index in [0.29, 0.717) is 18.6 Å². The highest BCUT2D eigenvalue weighted by molar-refractivity contribution is 5.78. The van der Waals surface area contributed by atoms with E-state index >= 15 is 0 Å². The van der Waals surface area contributed by atoms with Crippen molar-refractivity contribution in [2.45, 2.75) is 38.4 Å². The van der Waals surface area contributed by atoms with Crippen molar-refractivity contribution in [2.24, 2.45) is 0 Å².